The number of ether oxygens (including phenoxy) is 1. The van der Waals surface area contributed by atoms with Crippen LogP contribution in [0.1, 0.15) is 24.1 Å². The monoisotopic (exact) mass is 285 g/mol. The second-order valence-corrected chi connectivity index (χ2v) is 4.92. The van der Waals surface area contributed by atoms with Crippen LogP contribution in [0.4, 0.5) is 0 Å². The van der Waals surface area contributed by atoms with Gasteiger partial charge >= 0.3 is 0 Å². The van der Waals surface area contributed by atoms with Gasteiger partial charge in [0, 0.05) is 10.6 Å². The SMILES string of the molecule is COc1c(Cl)cc(Cl)cc1C(C)Cc1cn[nH]n1. The Labute approximate surface area is 115 Å². The summed E-state index contributed by atoms with van der Waals surface area (Å²) in [6.07, 6.45) is 2.44. The highest BCUT2D eigenvalue weighted by Gasteiger charge is 2.17. The van der Waals surface area contributed by atoms with Gasteiger partial charge in [-0.1, -0.05) is 30.1 Å². The Balaban J connectivity index is 2.31. The molecule has 0 aliphatic heterocycles. The lowest BCUT2D eigenvalue weighted by atomic mass is 9.95. The topological polar surface area (TPSA) is 50.8 Å². The van der Waals surface area contributed by atoms with E-state index in [1.807, 2.05) is 6.07 Å². The summed E-state index contributed by atoms with van der Waals surface area (Å²) in [4.78, 5) is 0. The van der Waals surface area contributed by atoms with Gasteiger partial charge in [0.25, 0.3) is 0 Å². The molecule has 6 heteroatoms. The molecule has 2 rings (SSSR count). The lowest BCUT2D eigenvalue weighted by molar-refractivity contribution is 0.406. The maximum atomic E-state index is 6.12. The average Bonchev–Trinajstić information content (AvgIpc) is 2.80. The van der Waals surface area contributed by atoms with Gasteiger partial charge in [-0.25, -0.2) is 0 Å². The fourth-order valence-electron chi connectivity index (χ4n) is 1.91. The molecule has 0 saturated heterocycles. The molecule has 0 aliphatic carbocycles. The number of nitrogens with zero attached hydrogens (tertiary/aromatic N) is 2. The Kier molecular flexibility index (Phi) is 4.09. The molecular formula is C12H13Cl2N3O. The number of benzene rings is 1. The highest BCUT2D eigenvalue weighted by Crippen LogP contribution is 2.37. The van der Waals surface area contributed by atoms with Crippen LogP contribution in [0.25, 0.3) is 0 Å². The molecule has 0 bridgehead atoms. The van der Waals surface area contributed by atoms with E-state index in [0.717, 1.165) is 17.7 Å². The summed E-state index contributed by atoms with van der Waals surface area (Å²) in [5.41, 5.74) is 1.86. The van der Waals surface area contributed by atoms with Gasteiger partial charge in [0.2, 0.25) is 0 Å². The van der Waals surface area contributed by atoms with Crippen molar-refractivity contribution < 1.29 is 4.74 Å². The van der Waals surface area contributed by atoms with E-state index in [-0.39, 0.29) is 5.92 Å². The molecule has 0 fully saturated rings. The van der Waals surface area contributed by atoms with Crippen molar-refractivity contribution in [1.82, 2.24) is 15.4 Å². The van der Waals surface area contributed by atoms with E-state index in [0.29, 0.717) is 15.8 Å². The van der Waals surface area contributed by atoms with E-state index >= 15 is 0 Å². The Hall–Kier alpha value is -1.26. The van der Waals surface area contributed by atoms with Gasteiger partial charge < -0.3 is 4.74 Å². The molecule has 1 aromatic carbocycles. The second kappa shape index (κ2) is 5.59. The first kappa shape index (κ1) is 13.2. The number of aromatic amines is 1. The summed E-state index contributed by atoms with van der Waals surface area (Å²) in [6, 6.07) is 3.55. The number of rotatable bonds is 4. The molecule has 4 nitrogen and oxygen atoms in total. The predicted octanol–water partition coefficient (Wildman–Crippen LogP) is 3.47. The van der Waals surface area contributed by atoms with Crippen molar-refractivity contribution in [3.05, 3.63) is 39.6 Å². The molecule has 0 spiro atoms. The van der Waals surface area contributed by atoms with Crippen LogP contribution in [0.15, 0.2) is 18.3 Å². The summed E-state index contributed by atoms with van der Waals surface area (Å²) < 4.78 is 5.34. The van der Waals surface area contributed by atoms with Crippen molar-refractivity contribution in [2.75, 3.05) is 7.11 Å². The van der Waals surface area contributed by atoms with Crippen molar-refractivity contribution in [2.45, 2.75) is 19.3 Å². The Morgan fingerprint density at radius 3 is 2.78 bits per heavy atom. The van der Waals surface area contributed by atoms with Crippen molar-refractivity contribution in [2.24, 2.45) is 0 Å². The minimum atomic E-state index is 0.182. The third-order valence-corrected chi connectivity index (χ3v) is 3.25. The Morgan fingerprint density at radius 1 is 1.39 bits per heavy atom. The fourth-order valence-corrected chi connectivity index (χ4v) is 2.50. The minimum Gasteiger partial charge on any atom is -0.495 e. The number of H-pyrrole nitrogens is 1. The molecule has 96 valence electrons. The van der Waals surface area contributed by atoms with Crippen LogP contribution >= 0.6 is 23.2 Å². The summed E-state index contributed by atoms with van der Waals surface area (Å²) >= 11 is 12.1. The summed E-state index contributed by atoms with van der Waals surface area (Å²) in [6.45, 7) is 2.07. The van der Waals surface area contributed by atoms with Crippen molar-refractivity contribution in [3.63, 3.8) is 0 Å². The van der Waals surface area contributed by atoms with E-state index in [4.69, 9.17) is 27.9 Å². The highest BCUT2D eigenvalue weighted by molar-refractivity contribution is 6.35. The largest absolute Gasteiger partial charge is 0.495 e. The van der Waals surface area contributed by atoms with E-state index < -0.39 is 0 Å². The molecule has 0 saturated carbocycles. The molecule has 1 heterocycles. The molecule has 2 aromatic rings. The molecule has 18 heavy (non-hydrogen) atoms. The lowest BCUT2D eigenvalue weighted by Crippen LogP contribution is -2.02. The zero-order chi connectivity index (χ0) is 13.1. The average molecular weight is 286 g/mol. The highest BCUT2D eigenvalue weighted by atomic mass is 35.5. The quantitative estimate of drug-likeness (QED) is 0.936. The van der Waals surface area contributed by atoms with Gasteiger partial charge in [-0.05, 0) is 24.5 Å². The molecule has 0 amide bonds. The second-order valence-electron chi connectivity index (χ2n) is 4.08. The Morgan fingerprint density at radius 2 is 2.17 bits per heavy atom. The summed E-state index contributed by atoms with van der Waals surface area (Å²) in [5, 5.41) is 11.5. The third kappa shape index (κ3) is 2.76. The van der Waals surface area contributed by atoms with Crippen LogP contribution in [-0.2, 0) is 6.42 Å². The van der Waals surface area contributed by atoms with Crippen molar-refractivity contribution in [3.8, 4) is 5.75 Å². The van der Waals surface area contributed by atoms with Gasteiger partial charge in [-0.2, -0.15) is 15.4 Å². The standard InChI is InChI=1S/C12H13Cl2N3O/c1-7(3-9-6-15-17-16-9)10-4-8(13)5-11(14)12(10)18-2/h4-7H,3H2,1-2H3,(H,15,16,17). The molecule has 0 radical (unpaired) electrons. The molecule has 1 N–H and O–H groups in total. The van der Waals surface area contributed by atoms with E-state index in [1.165, 1.54) is 0 Å². The predicted molar refractivity (Wildman–Crippen MR) is 71.5 cm³/mol. The Bertz CT molecular complexity index is 528. The smallest absolute Gasteiger partial charge is 0.141 e. The van der Waals surface area contributed by atoms with Crippen LogP contribution < -0.4 is 4.74 Å². The van der Waals surface area contributed by atoms with E-state index in [1.54, 1.807) is 19.4 Å². The van der Waals surface area contributed by atoms with Crippen molar-refractivity contribution >= 4 is 23.2 Å². The molecule has 1 aromatic heterocycles. The van der Waals surface area contributed by atoms with Gasteiger partial charge in [-0.3, -0.25) is 0 Å². The van der Waals surface area contributed by atoms with Crippen LogP contribution in [0.3, 0.4) is 0 Å². The third-order valence-electron chi connectivity index (χ3n) is 2.75. The number of aromatic nitrogens is 3. The first-order valence-corrected chi connectivity index (χ1v) is 6.25. The van der Waals surface area contributed by atoms with Gasteiger partial charge in [0.15, 0.2) is 0 Å². The number of methoxy groups -OCH3 is 1. The molecule has 0 aliphatic rings. The number of nitrogens with one attached hydrogen (secondary N) is 1. The van der Waals surface area contributed by atoms with E-state index in [2.05, 4.69) is 22.3 Å². The maximum Gasteiger partial charge on any atom is 0.141 e. The lowest BCUT2D eigenvalue weighted by Gasteiger charge is -2.16. The zero-order valence-electron chi connectivity index (χ0n) is 10.1. The van der Waals surface area contributed by atoms with Crippen LogP contribution in [-0.4, -0.2) is 22.5 Å². The number of hydrogen-bond donors (Lipinski definition) is 1. The van der Waals surface area contributed by atoms with Crippen LogP contribution in [0.2, 0.25) is 10.0 Å². The first-order chi connectivity index (χ1) is 8.61. The van der Waals surface area contributed by atoms with Gasteiger partial charge in [0.1, 0.15) is 5.75 Å². The van der Waals surface area contributed by atoms with Crippen LogP contribution in [0.5, 0.6) is 5.75 Å². The molecular weight excluding hydrogens is 273 g/mol. The zero-order valence-corrected chi connectivity index (χ0v) is 11.6. The minimum absolute atomic E-state index is 0.182. The summed E-state index contributed by atoms with van der Waals surface area (Å²) in [7, 11) is 1.60. The van der Waals surface area contributed by atoms with E-state index in [9.17, 15) is 0 Å². The fraction of sp³-hybridized carbons (Fsp3) is 0.333. The number of halogens is 2. The van der Waals surface area contributed by atoms with Crippen LogP contribution in [0, 0.1) is 0 Å². The first-order valence-electron chi connectivity index (χ1n) is 5.49. The number of hydrogen-bond acceptors (Lipinski definition) is 3. The van der Waals surface area contributed by atoms with Gasteiger partial charge in [0.05, 0.1) is 24.0 Å². The summed E-state index contributed by atoms with van der Waals surface area (Å²) in [5.74, 6) is 0.846. The normalized spacial score (nSPS) is 12.4. The van der Waals surface area contributed by atoms with Crippen molar-refractivity contribution in [1.29, 1.82) is 0 Å². The maximum absolute atomic E-state index is 6.12. The molecule has 1 atom stereocenters. The van der Waals surface area contributed by atoms with Gasteiger partial charge in [-0.15, -0.1) is 0 Å². The molecule has 1 unspecified atom stereocenters.